The molecule has 110 valence electrons. The smallest absolute Gasteiger partial charge is 0.261 e. The highest BCUT2D eigenvalue weighted by molar-refractivity contribution is 5.96. The van der Waals surface area contributed by atoms with Gasteiger partial charge < -0.3 is 0 Å². The number of hydrogen-bond acceptors (Lipinski definition) is 3. The highest BCUT2D eigenvalue weighted by Gasteiger charge is 2.08. The number of carbonyl (C=O) groups is 1. The molecule has 22 heavy (non-hydrogen) atoms. The molecule has 1 heterocycles. The summed E-state index contributed by atoms with van der Waals surface area (Å²) in [6, 6.07) is 14.7. The fraction of sp³-hybridized carbons (Fsp3) is 0.167. The molecule has 0 unspecified atom stereocenters. The van der Waals surface area contributed by atoms with E-state index in [2.05, 4.69) is 4.98 Å². The lowest BCUT2D eigenvalue weighted by atomic mass is 10.1. The summed E-state index contributed by atoms with van der Waals surface area (Å²) in [5.74, 6) is 0.0278. The van der Waals surface area contributed by atoms with E-state index in [-0.39, 0.29) is 17.8 Å². The van der Waals surface area contributed by atoms with Crippen LogP contribution in [0, 0.1) is 6.92 Å². The predicted octanol–water partition coefficient (Wildman–Crippen LogP) is 2.98. The third kappa shape index (κ3) is 2.81. The lowest BCUT2D eigenvalue weighted by molar-refractivity contribution is 0.0976. The molecule has 0 bridgehead atoms. The number of aromatic nitrogens is 2. The van der Waals surface area contributed by atoms with Crippen LogP contribution in [0.2, 0.25) is 0 Å². The van der Waals surface area contributed by atoms with Gasteiger partial charge in [0, 0.05) is 18.5 Å². The Morgan fingerprint density at radius 1 is 1.09 bits per heavy atom. The molecule has 1 aromatic heterocycles. The predicted molar refractivity (Wildman–Crippen MR) is 86.1 cm³/mol. The van der Waals surface area contributed by atoms with E-state index >= 15 is 0 Å². The Kier molecular flexibility index (Phi) is 3.83. The Labute approximate surface area is 128 Å². The van der Waals surface area contributed by atoms with Gasteiger partial charge in [0.15, 0.2) is 5.78 Å². The van der Waals surface area contributed by atoms with Crippen LogP contribution in [0.1, 0.15) is 22.3 Å². The lowest BCUT2D eigenvalue weighted by Crippen LogP contribution is -2.22. The molecule has 0 spiro atoms. The zero-order valence-corrected chi connectivity index (χ0v) is 12.3. The minimum atomic E-state index is -0.109. The standard InChI is InChI=1S/C18H16N2O2/c1-13-6-8-14(9-7-13)17(21)10-11-20-12-19-16-5-3-2-4-15(16)18(20)22/h2-9,12H,10-11H2,1H3. The van der Waals surface area contributed by atoms with Gasteiger partial charge in [0.1, 0.15) is 0 Å². The van der Waals surface area contributed by atoms with Crippen LogP contribution in [-0.2, 0) is 6.54 Å². The summed E-state index contributed by atoms with van der Waals surface area (Å²) in [6.45, 7) is 2.32. The number of hydrogen-bond donors (Lipinski definition) is 0. The number of benzene rings is 2. The molecule has 0 atom stereocenters. The van der Waals surface area contributed by atoms with Gasteiger partial charge in [0.25, 0.3) is 5.56 Å². The highest BCUT2D eigenvalue weighted by atomic mass is 16.1. The number of aryl methyl sites for hydroxylation is 2. The van der Waals surface area contributed by atoms with E-state index in [1.807, 2.05) is 43.3 Å². The van der Waals surface area contributed by atoms with Crippen molar-refractivity contribution in [3.63, 3.8) is 0 Å². The topological polar surface area (TPSA) is 52.0 Å². The molecule has 3 rings (SSSR count). The van der Waals surface area contributed by atoms with E-state index in [9.17, 15) is 9.59 Å². The van der Waals surface area contributed by atoms with Crippen molar-refractivity contribution >= 4 is 16.7 Å². The largest absolute Gasteiger partial charge is 0.298 e. The first kappa shape index (κ1) is 14.2. The van der Waals surface area contributed by atoms with Crippen LogP contribution >= 0.6 is 0 Å². The van der Waals surface area contributed by atoms with Crippen LogP contribution in [0.3, 0.4) is 0 Å². The first-order chi connectivity index (χ1) is 10.6. The number of fused-ring (bicyclic) bond motifs is 1. The normalized spacial score (nSPS) is 10.8. The SMILES string of the molecule is Cc1ccc(C(=O)CCn2cnc3ccccc3c2=O)cc1. The number of ketones is 1. The van der Waals surface area contributed by atoms with E-state index in [1.54, 1.807) is 12.1 Å². The molecule has 2 aromatic carbocycles. The van der Waals surface area contributed by atoms with Crippen molar-refractivity contribution < 1.29 is 4.79 Å². The maximum atomic E-state index is 12.3. The van der Waals surface area contributed by atoms with E-state index in [0.29, 0.717) is 23.0 Å². The second-order valence-electron chi connectivity index (χ2n) is 5.30. The molecule has 0 aliphatic heterocycles. The molecule has 0 fully saturated rings. The average molecular weight is 292 g/mol. The molecule has 0 N–H and O–H groups in total. The summed E-state index contributed by atoms with van der Waals surface area (Å²) in [7, 11) is 0. The molecule has 0 radical (unpaired) electrons. The summed E-state index contributed by atoms with van der Waals surface area (Å²) in [6.07, 6.45) is 1.79. The van der Waals surface area contributed by atoms with Crippen LogP contribution in [-0.4, -0.2) is 15.3 Å². The quantitative estimate of drug-likeness (QED) is 0.695. The van der Waals surface area contributed by atoms with Gasteiger partial charge in [-0.25, -0.2) is 4.98 Å². The fourth-order valence-electron chi connectivity index (χ4n) is 2.37. The maximum Gasteiger partial charge on any atom is 0.261 e. The minimum absolute atomic E-state index is 0.0278. The fourth-order valence-corrected chi connectivity index (χ4v) is 2.37. The van der Waals surface area contributed by atoms with Crippen molar-refractivity contribution in [3.05, 3.63) is 76.3 Å². The number of rotatable bonds is 4. The Morgan fingerprint density at radius 2 is 1.82 bits per heavy atom. The van der Waals surface area contributed by atoms with Crippen molar-refractivity contribution in [1.82, 2.24) is 9.55 Å². The first-order valence-electron chi connectivity index (χ1n) is 7.19. The third-order valence-electron chi connectivity index (χ3n) is 3.68. The molecule has 4 heteroatoms. The summed E-state index contributed by atoms with van der Waals surface area (Å²) in [5.41, 5.74) is 2.36. The molecule has 0 amide bonds. The van der Waals surface area contributed by atoms with E-state index < -0.39 is 0 Å². The van der Waals surface area contributed by atoms with Crippen molar-refractivity contribution in [1.29, 1.82) is 0 Å². The maximum absolute atomic E-state index is 12.3. The molecule has 0 aliphatic carbocycles. The molecule has 0 aliphatic rings. The van der Waals surface area contributed by atoms with Gasteiger partial charge in [-0.15, -0.1) is 0 Å². The number of para-hydroxylation sites is 1. The Hall–Kier alpha value is -2.75. The number of nitrogens with zero attached hydrogens (tertiary/aromatic N) is 2. The zero-order chi connectivity index (χ0) is 15.5. The van der Waals surface area contributed by atoms with Gasteiger partial charge in [-0.3, -0.25) is 14.2 Å². The minimum Gasteiger partial charge on any atom is -0.298 e. The van der Waals surface area contributed by atoms with Crippen LogP contribution < -0.4 is 5.56 Å². The van der Waals surface area contributed by atoms with Crippen LogP contribution in [0.25, 0.3) is 10.9 Å². The molecule has 0 saturated carbocycles. The molecular formula is C18H16N2O2. The summed E-state index contributed by atoms with van der Waals surface area (Å²) < 4.78 is 1.49. The molecule has 0 saturated heterocycles. The van der Waals surface area contributed by atoms with E-state index in [0.717, 1.165) is 5.56 Å². The molecule has 3 aromatic rings. The van der Waals surface area contributed by atoms with Gasteiger partial charge in [-0.2, -0.15) is 0 Å². The van der Waals surface area contributed by atoms with Gasteiger partial charge in [-0.1, -0.05) is 42.0 Å². The molecule has 4 nitrogen and oxygen atoms in total. The van der Waals surface area contributed by atoms with Crippen LogP contribution in [0.15, 0.2) is 59.7 Å². The third-order valence-corrected chi connectivity index (χ3v) is 3.68. The number of Topliss-reactive ketones (excluding diaryl/α,β-unsaturated/α-hetero) is 1. The second kappa shape index (κ2) is 5.93. The van der Waals surface area contributed by atoms with Crippen molar-refractivity contribution in [3.8, 4) is 0 Å². The van der Waals surface area contributed by atoms with E-state index in [4.69, 9.17) is 0 Å². The van der Waals surface area contributed by atoms with Crippen LogP contribution in [0.5, 0.6) is 0 Å². The second-order valence-corrected chi connectivity index (χ2v) is 5.30. The van der Waals surface area contributed by atoms with Gasteiger partial charge in [0.2, 0.25) is 0 Å². The summed E-state index contributed by atoms with van der Waals surface area (Å²) in [5, 5.41) is 0.577. The molecular weight excluding hydrogens is 276 g/mol. The first-order valence-corrected chi connectivity index (χ1v) is 7.19. The summed E-state index contributed by atoms with van der Waals surface area (Å²) in [4.78, 5) is 28.8. The van der Waals surface area contributed by atoms with Crippen LogP contribution in [0.4, 0.5) is 0 Å². The highest BCUT2D eigenvalue weighted by Crippen LogP contribution is 2.08. The zero-order valence-electron chi connectivity index (χ0n) is 12.3. The van der Waals surface area contributed by atoms with Gasteiger partial charge >= 0.3 is 0 Å². The number of carbonyl (C=O) groups excluding carboxylic acids is 1. The van der Waals surface area contributed by atoms with Gasteiger partial charge in [0.05, 0.1) is 17.2 Å². The van der Waals surface area contributed by atoms with Crippen molar-refractivity contribution in [2.24, 2.45) is 0 Å². The Bertz CT molecular complexity index is 879. The van der Waals surface area contributed by atoms with Crippen molar-refractivity contribution in [2.45, 2.75) is 19.9 Å². The monoisotopic (exact) mass is 292 g/mol. The van der Waals surface area contributed by atoms with Crippen molar-refractivity contribution in [2.75, 3.05) is 0 Å². The average Bonchev–Trinajstić information content (AvgIpc) is 2.55. The Morgan fingerprint density at radius 3 is 2.59 bits per heavy atom. The lowest BCUT2D eigenvalue weighted by Gasteiger charge is -2.06. The Balaban J connectivity index is 1.79. The van der Waals surface area contributed by atoms with E-state index in [1.165, 1.54) is 10.9 Å². The van der Waals surface area contributed by atoms with Gasteiger partial charge in [-0.05, 0) is 19.1 Å². The summed E-state index contributed by atoms with van der Waals surface area (Å²) >= 11 is 0.